The lowest BCUT2D eigenvalue weighted by Crippen LogP contribution is -2.48. The van der Waals surface area contributed by atoms with Gasteiger partial charge >= 0.3 is 12.3 Å². The van der Waals surface area contributed by atoms with E-state index in [1.807, 2.05) is 0 Å². The number of aromatic nitrogens is 3. The highest BCUT2D eigenvalue weighted by Crippen LogP contribution is 2.24. The molecule has 33 heavy (non-hydrogen) atoms. The molecule has 0 spiro atoms. The van der Waals surface area contributed by atoms with Gasteiger partial charge in [0, 0.05) is 62.6 Å². The van der Waals surface area contributed by atoms with E-state index in [0.29, 0.717) is 43.4 Å². The fraction of sp³-hybridized carbons (Fsp3) is 0.400. The summed E-state index contributed by atoms with van der Waals surface area (Å²) in [5.74, 6) is -4.85. The van der Waals surface area contributed by atoms with Crippen LogP contribution in [-0.4, -0.2) is 75.2 Å². The molecule has 0 atom stereocenters. The van der Waals surface area contributed by atoms with Crippen molar-refractivity contribution in [1.29, 1.82) is 0 Å². The van der Waals surface area contributed by atoms with Crippen LogP contribution < -0.4 is 10.3 Å². The van der Waals surface area contributed by atoms with Gasteiger partial charge in [-0.25, -0.2) is 18.7 Å². The third-order valence-electron chi connectivity index (χ3n) is 5.12. The van der Waals surface area contributed by atoms with Crippen molar-refractivity contribution in [1.82, 2.24) is 24.2 Å². The van der Waals surface area contributed by atoms with E-state index in [-0.39, 0.29) is 22.9 Å². The van der Waals surface area contributed by atoms with E-state index in [1.165, 1.54) is 33.9 Å². The number of nitrogens with zero attached hydrogens (tertiary/aromatic N) is 5. The Morgan fingerprint density at radius 1 is 1.21 bits per heavy atom. The van der Waals surface area contributed by atoms with E-state index in [0.717, 1.165) is 6.20 Å². The molecule has 176 valence electrons. The summed E-state index contributed by atoms with van der Waals surface area (Å²) in [6, 6.07) is 4.05. The van der Waals surface area contributed by atoms with Gasteiger partial charge in [0.05, 0.1) is 11.3 Å². The standard InChI is InChI=1S/C20H19F4N5O3S/c21-18(22)20(23,24)12-32-15-2-1-13(10-25-15)17(31)28-5-3-27(4-6-28)11-14-9-16(30)29-7-8-33-19(29)26-14/h1-2,7-10,18H,3-6,11-12H2. The van der Waals surface area contributed by atoms with Crippen LogP contribution >= 0.6 is 11.3 Å². The molecule has 0 aromatic carbocycles. The molecule has 0 aliphatic carbocycles. The van der Waals surface area contributed by atoms with Crippen molar-refractivity contribution in [2.24, 2.45) is 0 Å². The molecule has 0 N–H and O–H groups in total. The Balaban J connectivity index is 1.30. The van der Waals surface area contributed by atoms with Crippen LogP contribution in [0, 0.1) is 0 Å². The Labute approximate surface area is 189 Å². The van der Waals surface area contributed by atoms with E-state index in [9.17, 15) is 27.2 Å². The van der Waals surface area contributed by atoms with E-state index in [4.69, 9.17) is 0 Å². The van der Waals surface area contributed by atoms with Gasteiger partial charge in [-0.1, -0.05) is 0 Å². The lowest BCUT2D eigenvalue weighted by molar-refractivity contribution is -0.148. The molecule has 3 aromatic heterocycles. The molecule has 0 bridgehead atoms. The number of halogens is 4. The Morgan fingerprint density at radius 3 is 2.64 bits per heavy atom. The molecule has 1 aliphatic rings. The van der Waals surface area contributed by atoms with Crippen molar-refractivity contribution < 1.29 is 27.1 Å². The molecule has 3 aromatic rings. The maximum atomic E-state index is 12.9. The molecular formula is C20H19F4N5O3S. The Hall–Kier alpha value is -3.06. The fourth-order valence-corrected chi connectivity index (χ4v) is 4.05. The molecule has 1 fully saturated rings. The first-order chi connectivity index (χ1) is 15.7. The molecule has 0 radical (unpaired) electrons. The number of alkyl halides is 4. The first kappa shape index (κ1) is 23.1. The molecule has 1 amide bonds. The number of thiazole rings is 1. The van der Waals surface area contributed by atoms with Crippen LogP contribution in [0.1, 0.15) is 16.1 Å². The number of fused-ring (bicyclic) bond motifs is 1. The molecule has 13 heteroatoms. The average Bonchev–Trinajstić information content (AvgIpc) is 3.27. The number of rotatable bonds is 7. The number of amides is 1. The van der Waals surface area contributed by atoms with Gasteiger partial charge in [-0.15, -0.1) is 11.3 Å². The van der Waals surface area contributed by atoms with Crippen LogP contribution in [0.5, 0.6) is 5.88 Å². The van der Waals surface area contributed by atoms with E-state index in [1.54, 1.807) is 16.5 Å². The average molecular weight is 485 g/mol. The summed E-state index contributed by atoms with van der Waals surface area (Å²) in [6.07, 6.45) is -0.999. The molecule has 0 saturated carbocycles. The first-order valence-corrected chi connectivity index (χ1v) is 10.8. The van der Waals surface area contributed by atoms with Crippen LogP contribution in [0.15, 0.2) is 40.8 Å². The van der Waals surface area contributed by atoms with Gasteiger partial charge in [-0.2, -0.15) is 8.78 Å². The van der Waals surface area contributed by atoms with Crippen LogP contribution in [0.25, 0.3) is 4.96 Å². The summed E-state index contributed by atoms with van der Waals surface area (Å²) in [4.78, 5) is 37.4. The maximum absolute atomic E-state index is 12.9. The number of hydrogen-bond donors (Lipinski definition) is 0. The van der Waals surface area contributed by atoms with E-state index in [2.05, 4.69) is 19.6 Å². The van der Waals surface area contributed by atoms with Gasteiger partial charge in [0.15, 0.2) is 11.6 Å². The second-order valence-electron chi connectivity index (χ2n) is 7.45. The molecule has 4 heterocycles. The predicted molar refractivity (Wildman–Crippen MR) is 111 cm³/mol. The van der Waals surface area contributed by atoms with Gasteiger partial charge in [-0.05, 0) is 6.07 Å². The van der Waals surface area contributed by atoms with Crippen LogP contribution in [0.3, 0.4) is 0 Å². The molecule has 1 aliphatic heterocycles. The molecule has 4 rings (SSSR count). The Kier molecular flexibility index (Phi) is 6.61. The van der Waals surface area contributed by atoms with E-state index >= 15 is 0 Å². The summed E-state index contributed by atoms with van der Waals surface area (Å²) in [6.45, 7) is 1.02. The van der Waals surface area contributed by atoms with Crippen molar-refractivity contribution in [3.8, 4) is 5.88 Å². The fourth-order valence-electron chi connectivity index (χ4n) is 3.31. The van der Waals surface area contributed by atoms with Crippen molar-refractivity contribution in [3.63, 3.8) is 0 Å². The second-order valence-corrected chi connectivity index (χ2v) is 8.32. The number of piperazine rings is 1. The topological polar surface area (TPSA) is 80.0 Å². The minimum Gasteiger partial charge on any atom is -0.471 e. The lowest BCUT2D eigenvalue weighted by Gasteiger charge is -2.34. The molecular weight excluding hydrogens is 466 g/mol. The summed E-state index contributed by atoms with van der Waals surface area (Å²) in [5.41, 5.74) is 0.761. The van der Waals surface area contributed by atoms with Crippen LogP contribution in [0.2, 0.25) is 0 Å². The van der Waals surface area contributed by atoms with Gasteiger partial charge < -0.3 is 9.64 Å². The molecule has 8 nitrogen and oxygen atoms in total. The van der Waals surface area contributed by atoms with E-state index < -0.39 is 19.0 Å². The predicted octanol–water partition coefficient (Wildman–Crippen LogP) is 2.39. The highest BCUT2D eigenvalue weighted by atomic mass is 32.1. The largest absolute Gasteiger partial charge is 0.471 e. The zero-order chi connectivity index (χ0) is 23.6. The first-order valence-electron chi connectivity index (χ1n) is 9.95. The summed E-state index contributed by atoms with van der Waals surface area (Å²) in [7, 11) is 0. The van der Waals surface area contributed by atoms with Crippen molar-refractivity contribution >= 4 is 22.2 Å². The monoisotopic (exact) mass is 485 g/mol. The number of carbonyl (C=O) groups is 1. The summed E-state index contributed by atoms with van der Waals surface area (Å²) >= 11 is 1.38. The van der Waals surface area contributed by atoms with Gasteiger partial charge in [-0.3, -0.25) is 18.9 Å². The zero-order valence-electron chi connectivity index (χ0n) is 17.2. The minimum absolute atomic E-state index is 0.136. The van der Waals surface area contributed by atoms with Crippen molar-refractivity contribution in [3.05, 3.63) is 57.6 Å². The van der Waals surface area contributed by atoms with Crippen LogP contribution in [0.4, 0.5) is 17.6 Å². The number of pyridine rings is 1. The second kappa shape index (κ2) is 9.43. The molecule has 1 saturated heterocycles. The van der Waals surface area contributed by atoms with Crippen LogP contribution in [-0.2, 0) is 6.54 Å². The zero-order valence-corrected chi connectivity index (χ0v) is 18.0. The maximum Gasteiger partial charge on any atom is 0.340 e. The van der Waals surface area contributed by atoms with Gasteiger partial charge in [0.2, 0.25) is 5.88 Å². The van der Waals surface area contributed by atoms with Gasteiger partial charge in [0.1, 0.15) is 0 Å². The lowest BCUT2D eigenvalue weighted by atomic mass is 10.2. The number of ether oxygens (including phenoxy) is 1. The number of carbonyl (C=O) groups excluding carboxylic acids is 1. The third kappa shape index (κ3) is 5.30. The highest BCUT2D eigenvalue weighted by Gasteiger charge is 2.41. The summed E-state index contributed by atoms with van der Waals surface area (Å²) < 4.78 is 56.3. The number of hydrogen-bond acceptors (Lipinski definition) is 7. The SMILES string of the molecule is O=C(c1ccc(OCC(F)(F)C(F)F)nc1)N1CCN(Cc2cc(=O)n3ccsc3n2)CC1. The minimum atomic E-state index is -4.28. The third-order valence-corrected chi connectivity index (χ3v) is 5.87. The van der Waals surface area contributed by atoms with Crippen molar-refractivity contribution in [2.75, 3.05) is 32.8 Å². The Morgan fingerprint density at radius 2 is 1.97 bits per heavy atom. The van der Waals surface area contributed by atoms with Gasteiger partial charge in [0.25, 0.3) is 11.5 Å². The highest BCUT2D eigenvalue weighted by molar-refractivity contribution is 7.15. The summed E-state index contributed by atoms with van der Waals surface area (Å²) in [5, 5.41) is 1.80. The molecule has 0 unspecified atom stereocenters. The normalized spacial score (nSPS) is 15.4. The Bertz CT molecular complexity index is 1180. The van der Waals surface area contributed by atoms with Crippen molar-refractivity contribution in [2.45, 2.75) is 18.9 Å². The quantitative estimate of drug-likeness (QED) is 0.479. The smallest absolute Gasteiger partial charge is 0.340 e.